The van der Waals surface area contributed by atoms with Crippen LogP contribution in [0.5, 0.6) is 0 Å². The van der Waals surface area contributed by atoms with Gasteiger partial charge in [-0.15, -0.1) is 6.42 Å². The number of allylic oxidation sites excluding steroid dienone is 2. The lowest BCUT2D eigenvalue weighted by atomic mass is 10.0. The van der Waals surface area contributed by atoms with Gasteiger partial charge in [-0.2, -0.15) is 0 Å². The Kier molecular flexibility index (Phi) is 11.0. The summed E-state index contributed by atoms with van der Waals surface area (Å²) in [4.78, 5) is 6.83. The van der Waals surface area contributed by atoms with Crippen LogP contribution in [0.2, 0.25) is 5.02 Å². The summed E-state index contributed by atoms with van der Waals surface area (Å²) in [6.45, 7) is 15.7. The minimum Gasteiger partial charge on any atom is -0.371 e. The maximum absolute atomic E-state index is 6.52. The minimum atomic E-state index is 0.653. The molecular weight excluding hydrogens is 426 g/mol. The molecule has 0 saturated carbocycles. The van der Waals surface area contributed by atoms with E-state index >= 15 is 0 Å². The van der Waals surface area contributed by atoms with Gasteiger partial charge in [-0.3, -0.25) is 4.99 Å². The smallest absolute Gasteiger partial charge is 0.0841 e. The van der Waals surface area contributed by atoms with Gasteiger partial charge in [-0.25, -0.2) is 0 Å². The third-order valence-corrected chi connectivity index (χ3v) is 5.70. The number of nitrogens with zero attached hydrogens (tertiary/aromatic N) is 2. The molecule has 2 aromatic rings. The van der Waals surface area contributed by atoms with E-state index in [2.05, 4.69) is 59.8 Å². The van der Waals surface area contributed by atoms with Gasteiger partial charge in [0, 0.05) is 43.6 Å². The average Bonchev–Trinajstić information content (AvgIpc) is 2.80. The van der Waals surface area contributed by atoms with Crippen LogP contribution < -0.4 is 10.2 Å². The summed E-state index contributed by atoms with van der Waals surface area (Å²) in [5.74, 6) is 2.78. The van der Waals surface area contributed by atoms with E-state index in [-0.39, 0.29) is 0 Å². The summed E-state index contributed by atoms with van der Waals surface area (Å²) in [6, 6.07) is 10.4. The van der Waals surface area contributed by atoms with E-state index in [0.717, 1.165) is 60.4 Å². The summed E-state index contributed by atoms with van der Waals surface area (Å²) in [5.41, 5.74) is 7.45. The maximum atomic E-state index is 6.52. The lowest BCUT2D eigenvalue weighted by Crippen LogP contribution is -2.27. The molecule has 2 aromatic carbocycles. The highest BCUT2D eigenvalue weighted by Crippen LogP contribution is 2.32. The largest absolute Gasteiger partial charge is 0.371 e. The highest BCUT2D eigenvalue weighted by molar-refractivity contribution is 6.33. The number of hydrogen-bond acceptors (Lipinski definition) is 3. The predicted molar refractivity (Wildman–Crippen MR) is 147 cm³/mol. The van der Waals surface area contributed by atoms with Crippen molar-refractivity contribution in [2.45, 2.75) is 47.1 Å². The zero-order chi connectivity index (χ0) is 24.2. The number of aryl methyl sites for hydroxylation is 1. The molecular formula is C29H36ClN3. The molecule has 0 atom stereocenters. The van der Waals surface area contributed by atoms with Crippen molar-refractivity contribution in [2.75, 3.05) is 24.5 Å². The summed E-state index contributed by atoms with van der Waals surface area (Å²) in [7, 11) is 0. The van der Waals surface area contributed by atoms with Crippen LogP contribution in [0.4, 0.5) is 11.4 Å². The Hall–Kier alpha value is -2.80. The van der Waals surface area contributed by atoms with Crippen molar-refractivity contribution in [1.29, 1.82) is 0 Å². The quantitative estimate of drug-likeness (QED) is 0.203. The van der Waals surface area contributed by atoms with Crippen molar-refractivity contribution in [2.24, 2.45) is 4.99 Å². The molecule has 0 aliphatic rings. The average molecular weight is 462 g/mol. The van der Waals surface area contributed by atoms with E-state index in [9.17, 15) is 0 Å². The van der Waals surface area contributed by atoms with E-state index < -0.39 is 0 Å². The van der Waals surface area contributed by atoms with Gasteiger partial charge < -0.3 is 10.2 Å². The monoisotopic (exact) mass is 461 g/mol. The molecule has 1 N–H and O–H groups in total. The van der Waals surface area contributed by atoms with Gasteiger partial charge in [0.05, 0.1) is 10.7 Å². The number of terminal acetylenes is 1. The number of hydrogen-bond donors (Lipinski definition) is 1. The Morgan fingerprint density at radius 2 is 1.94 bits per heavy atom. The van der Waals surface area contributed by atoms with Crippen LogP contribution in [0.15, 0.2) is 54.1 Å². The van der Waals surface area contributed by atoms with Crippen LogP contribution in [-0.2, 0) is 6.54 Å². The zero-order valence-electron chi connectivity index (χ0n) is 20.4. The summed E-state index contributed by atoms with van der Waals surface area (Å²) >= 11 is 6.52. The number of halogens is 1. The third-order valence-electron chi connectivity index (χ3n) is 5.41. The fourth-order valence-electron chi connectivity index (χ4n) is 3.94. The molecule has 0 saturated heterocycles. The number of aliphatic imine (C=N–C) groups is 1. The van der Waals surface area contributed by atoms with Gasteiger partial charge in [0.1, 0.15) is 0 Å². The molecule has 3 nitrogen and oxygen atoms in total. The molecule has 0 amide bonds. The minimum absolute atomic E-state index is 0.653. The van der Waals surface area contributed by atoms with Crippen LogP contribution in [-0.4, -0.2) is 25.8 Å². The summed E-state index contributed by atoms with van der Waals surface area (Å²) in [6.07, 6.45) is 13.5. The van der Waals surface area contributed by atoms with E-state index in [1.54, 1.807) is 6.21 Å². The molecule has 0 radical (unpaired) electrons. The molecule has 0 spiro atoms. The van der Waals surface area contributed by atoms with E-state index in [0.29, 0.717) is 11.6 Å². The van der Waals surface area contributed by atoms with Crippen LogP contribution in [0.25, 0.3) is 5.57 Å². The molecule has 0 heterocycles. The van der Waals surface area contributed by atoms with Crippen molar-refractivity contribution in [1.82, 2.24) is 5.32 Å². The van der Waals surface area contributed by atoms with E-state index in [1.165, 1.54) is 11.3 Å². The van der Waals surface area contributed by atoms with Gasteiger partial charge in [-0.1, -0.05) is 56.2 Å². The van der Waals surface area contributed by atoms with Crippen molar-refractivity contribution in [3.63, 3.8) is 0 Å². The molecule has 0 fully saturated rings. The first-order valence-electron chi connectivity index (χ1n) is 11.6. The molecule has 2 rings (SSSR count). The normalized spacial score (nSPS) is 11.6. The van der Waals surface area contributed by atoms with Gasteiger partial charge in [0.25, 0.3) is 0 Å². The Balaban J connectivity index is 2.26. The fraction of sp³-hybridized carbons (Fsp3) is 0.345. The van der Waals surface area contributed by atoms with Gasteiger partial charge in [0.15, 0.2) is 0 Å². The molecule has 0 unspecified atom stereocenters. The predicted octanol–water partition coefficient (Wildman–Crippen LogP) is 7.34. The van der Waals surface area contributed by atoms with Crippen LogP contribution in [0.3, 0.4) is 0 Å². The van der Waals surface area contributed by atoms with Gasteiger partial charge in [-0.05, 0) is 73.2 Å². The first-order valence-corrected chi connectivity index (χ1v) is 12.0. The highest BCUT2D eigenvalue weighted by atomic mass is 35.5. The van der Waals surface area contributed by atoms with Crippen molar-refractivity contribution >= 4 is 34.8 Å². The number of nitrogens with one attached hydrogen (secondary N) is 1. The molecule has 0 aliphatic carbocycles. The van der Waals surface area contributed by atoms with Crippen molar-refractivity contribution in [3.05, 3.63) is 76.3 Å². The second kappa shape index (κ2) is 13.7. The number of rotatable bonds is 12. The van der Waals surface area contributed by atoms with Gasteiger partial charge >= 0.3 is 0 Å². The lowest BCUT2D eigenvalue weighted by molar-refractivity contribution is 0.723. The Bertz CT molecular complexity index is 1010. The molecule has 0 bridgehead atoms. The second-order valence-electron chi connectivity index (χ2n) is 8.02. The maximum Gasteiger partial charge on any atom is 0.0841 e. The van der Waals surface area contributed by atoms with Gasteiger partial charge in [0.2, 0.25) is 0 Å². The van der Waals surface area contributed by atoms with Crippen LogP contribution in [0.1, 0.15) is 55.9 Å². The molecule has 0 aliphatic heterocycles. The molecule has 174 valence electrons. The first-order chi connectivity index (χ1) is 16.0. The molecule has 33 heavy (non-hydrogen) atoms. The Morgan fingerprint density at radius 3 is 2.52 bits per heavy atom. The Labute approximate surface area is 205 Å². The molecule has 0 aromatic heterocycles. The van der Waals surface area contributed by atoms with E-state index in [1.807, 2.05) is 38.1 Å². The SMILES string of the molecule is C#Cc1ccc(CNC/C(=C\C=C)c2cc(C)c(N=CC)c(Cl)c2)c(N(CCC)CCC)c1. The Morgan fingerprint density at radius 1 is 1.21 bits per heavy atom. The fourth-order valence-corrected chi connectivity index (χ4v) is 4.25. The van der Waals surface area contributed by atoms with E-state index in [4.69, 9.17) is 18.0 Å². The number of anilines is 1. The van der Waals surface area contributed by atoms with Crippen LogP contribution in [0, 0.1) is 19.3 Å². The standard InChI is InChI=1S/C29H36ClN3/c1-7-12-24(26-17-22(6)29(32-11-5)27(30)19-26)20-31-21-25-14-13-23(10-4)18-28(25)33(15-8-2)16-9-3/h4,7,11-14,17-19,31H,1,8-9,15-16,20-21H2,2-3,5-6H3/b24-12+,32-11?. The first kappa shape index (κ1) is 26.5. The summed E-state index contributed by atoms with van der Waals surface area (Å²) in [5, 5.41) is 4.27. The lowest BCUT2D eigenvalue weighted by Gasteiger charge is -2.27. The zero-order valence-corrected chi connectivity index (χ0v) is 21.2. The molecule has 4 heteroatoms. The van der Waals surface area contributed by atoms with Crippen LogP contribution >= 0.6 is 11.6 Å². The summed E-state index contributed by atoms with van der Waals surface area (Å²) < 4.78 is 0. The number of benzene rings is 2. The third kappa shape index (κ3) is 7.35. The second-order valence-corrected chi connectivity index (χ2v) is 8.42. The highest BCUT2D eigenvalue weighted by Gasteiger charge is 2.12. The topological polar surface area (TPSA) is 27.6 Å². The van der Waals surface area contributed by atoms with Crippen molar-refractivity contribution in [3.8, 4) is 12.3 Å². The van der Waals surface area contributed by atoms with Crippen molar-refractivity contribution < 1.29 is 0 Å².